The van der Waals surface area contributed by atoms with Gasteiger partial charge in [-0.15, -0.1) is 0 Å². The van der Waals surface area contributed by atoms with Crippen LogP contribution < -0.4 is 5.73 Å². The summed E-state index contributed by atoms with van der Waals surface area (Å²) in [6.07, 6.45) is 4.62. The van der Waals surface area contributed by atoms with Gasteiger partial charge in [0.05, 0.1) is 11.0 Å². The fraction of sp³-hybridized carbons (Fsp3) is 0.588. The lowest BCUT2D eigenvalue weighted by Gasteiger charge is -2.32. The SMILES string of the molecule is CC(C)(C)c1ccc2[nH]c(CCC3CC(N)C3)nc2c1. The Morgan fingerprint density at radius 2 is 2.05 bits per heavy atom. The third kappa shape index (κ3) is 2.73. The first-order valence-corrected chi connectivity index (χ1v) is 7.66. The molecule has 1 fully saturated rings. The second-order valence-corrected chi connectivity index (χ2v) is 7.30. The van der Waals surface area contributed by atoms with Crippen LogP contribution >= 0.6 is 0 Å². The molecule has 3 N–H and O–H groups in total. The summed E-state index contributed by atoms with van der Waals surface area (Å²) in [6.45, 7) is 6.71. The lowest BCUT2D eigenvalue weighted by atomic mass is 9.78. The van der Waals surface area contributed by atoms with Crippen molar-refractivity contribution in [3.05, 3.63) is 29.6 Å². The van der Waals surface area contributed by atoms with Gasteiger partial charge in [-0.25, -0.2) is 4.98 Å². The zero-order chi connectivity index (χ0) is 14.3. The molecule has 1 aromatic carbocycles. The summed E-state index contributed by atoms with van der Waals surface area (Å²) in [4.78, 5) is 8.20. The Bertz CT molecular complexity index is 600. The minimum absolute atomic E-state index is 0.176. The summed E-state index contributed by atoms with van der Waals surface area (Å²) in [6, 6.07) is 7.03. The van der Waals surface area contributed by atoms with Crippen LogP contribution in [0.3, 0.4) is 0 Å². The van der Waals surface area contributed by atoms with E-state index < -0.39 is 0 Å². The van der Waals surface area contributed by atoms with Crippen LogP contribution in [-0.4, -0.2) is 16.0 Å². The molecule has 0 radical (unpaired) electrons. The van der Waals surface area contributed by atoms with E-state index in [4.69, 9.17) is 10.7 Å². The van der Waals surface area contributed by atoms with Gasteiger partial charge in [0.2, 0.25) is 0 Å². The molecule has 0 atom stereocenters. The van der Waals surface area contributed by atoms with E-state index in [1.54, 1.807) is 0 Å². The third-order valence-electron chi connectivity index (χ3n) is 4.46. The first-order valence-electron chi connectivity index (χ1n) is 7.66. The summed E-state index contributed by atoms with van der Waals surface area (Å²) in [5, 5.41) is 0. The van der Waals surface area contributed by atoms with Crippen molar-refractivity contribution < 1.29 is 0 Å². The molecule has 3 rings (SSSR count). The molecule has 20 heavy (non-hydrogen) atoms. The van der Waals surface area contributed by atoms with Crippen molar-refractivity contribution in [3.63, 3.8) is 0 Å². The Balaban J connectivity index is 1.73. The van der Waals surface area contributed by atoms with E-state index in [2.05, 4.69) is 44.0 Å². The van der Waals surface area contributed by atoms with Crippen LogP contribution in [0.25, 0.3) is 11.0 Å². The Hall–Kier alpha value is -1.35. The molecule has 0 spiro atoms. The minimum atomic E-state index is 0.176. The second-order valence-electron chi connectivity index (χ2n) is 7.30. The number of hydrogen-bond donors (Lipinski definition) is 2. The van der Waals surface area contributed by atoms with E-state index in [-0.39, 0.29) is 5.41 Å². The maximum atomic E-state index is 5.83. The van der Waals surface area contributed by atoms with Gasteiger partial charge in [-0.1, -0.05) is 26.8 Å². The predicted molar refractivity (Wildman–Crippen MR) is 83.8 cm³/mol. The maximum Gasteiger partial charge on any atom is 0.107 e. The number of aryl methyl sites for hydroxylation is 1. The number of nitrogens with zero attached hydrogens (tertiary/aromatic N) is 1. The highest BCUT2D eigenvalue weighted by atomic mass is 14.9. The van der Waals surface area contributed by atoms with Gasteiger partial charge in [0.1, 0.15) is 5.82 Å². The smallest absolute Gasteiger partial charge is 0.107 e. The van der Waals surface area contributed by atoms with Crippen LogP contribution in [-0.2, 0) is 11.8 Å². The molecular weight excluding hydrogens is 246 g/mol. The number of aromatic amines is 1. The summed E-state index contributed by atoms with van der Waals surface area (Å²) in [5.41, 5.74) is 9.60. The fourth-order valence-electron chi connectivity index (χ4n) is 3.01. The van der Waals surface area contributed by atoms with Crippen LogP contribution in [0.15, 0.2) is 18.2 Å². The van der Waals surface area contributed by atoms with Gasteiger partial charge in [-0.3, -0.25) is 0 Å². The van der Waals surface area contributed by atoms with Crippen LogP contribution in [0.5, 0.6) is 0 Å². The van der Waals surface area contributed by atoms with E-state index in [1.807, 2.05) is 0 Å². The van der Waals surface area contributed by atoms with Crippen molar-refractivity contribution in [2.75, 3.05) is 0 Å². The monoisotopic (exact) mass is 271 g/mol. The average Bonchev–Trinajstić information content (AvgIpc) is 2.73. The van der Waals surface area contributed by atoms with Gasteiger partial charge in [0, 0.05) is 12.5 Å². The molecule has 0 unspecified atom stereocenters. The first kappa shape index (κ1) is 13.6. The highest BCUT2D eigenvalue weighted by molar-refractivity contribution is 5.76. The van der Waals surface area contributed by atoms with Gasteiger partial charge < -0.3 is 10.7 Å². The zero-order valence-corrected chi connectivity index (χ0v) is 12.7. The van der Waals surface area contributed by atoms with Crippen molar-refractivity contribution >= 4 is 11.0 Å². The molecule has 108 valence electrons. The molecule has 1 aromatic heterocycles. The number of benzene rings is 1. The largest absolute Gasteiger partial charge is 0.342 e. The summed E-state index contributed by atoms with van der Waals surface area (Å²) in [7, 11) is 0. The van der Waals surface area contributed by atoms with E-state index in [0.29, 0.717) is 6.04 Å². The van der Waals surface area contributed by atoms with Gasteiger partial charge >= 0.3 is 0 Å². The van der Waals surface area contributed by atoms with E-state index in [9.17, 15) is 0 Å². The lowest BCUT2D eigenvalue weighted by Crippen LogP contribution is -2.36. The molecule has 1 saturated carbocycles. The van der Waals surface area contributed by atoms with Crippen LogP contribution in [0, 0.1) is 5.92 Å². The second kappa shape index (κ2) is 4.88. The molecule has 1 heterocycles. The summed E-state index contributed by atoms with van der Waals surface area (Å²) >= 11 is 0. The molecule has 3 nitrogen and oxygen atoms in total. The number of hydrogen-bond acceptors (Lipinski definition) is 2. The number of H-pyrrole nitrogens is 1. The average molecular weight is 271 g/mol. The predicted octanol–water partition coefficient (Wildman–Crippen LogP) is 3.53. The van der Waals surface area contributed by atoms with Crippen molar-refractivity contribution in [2.24, 2.45) is 11.7 Å². The van der Waals surface area contributed by atoms with Crippen molar-refractivity contribution in [3.8, 4) is 0 Å². The van der Waals surface area contributed by atoms with Gasteiger partial charge in [0.15, 0.2) is 0 Å². The highest BCUT2D eigenvalue weighted by Crippen LogP contribution is 2.30. The van der Waals surface area contributed by atoms with E-state index in [0.717, 1.165) is 29.2 Å². The summed E-state index contributed by atoms with van der Waals surface area (Å²) < 4.78 is 0. The number of imidazole rings is 1. The Morgan fingerprint density at radius 3 is 2.70 bits per heavy atom. The highest BCUT2D eigenvalue weighted by Gasteiger charge is 2.25. The van der Waals surface area contributed by atoms with E-state index in [1.165, 1.54) is 24.8 Å². The molecule has 0 aliphatic heterocycles. The fourth-order valence-corrected chi connectivity index (χ4v) is 3.01. The Kier molecular flexibility index (Phi) is 3.33. The number of nitrogens with two attached hydrogens (primary N) is 1. The summed E-state index contributed by atoms with van der Waals surface area (Å²) in [5.74, 6) is 1.93. The Labute approximate surface area is 121 Å². The van der Waals surface area contributed by atoms with Crippen LogP contribution in [0.4, 0.5) is 0 Å². The van der Waals surface area contributed by atoms with E-state index >= 15 is 0 Å². The molecule has 1 aliphatic carbocycles. The maximum absolute atomic E-state index is 5.83. The van der Waals surface area contributed by atoms with Crippen molar-refractivity contribution in [2.45, 2.75) is 57.9 Å². The van der Waals surface area contributed by atoms with Crippen LogP contribution in [0.2, 0.25) is 0 Å². The standard InChI is InChI=1S/C17H25N3/c1-17(2,3)12-5-6-14-15(10-12)20-16(19-14)7-4-11-8-13(18)9-11/h5-6,10-11,13H,4,7-9,18H2,1-3H3,(H,19,20). The Morgan fingerprint density at radius 1 is 1.30 bits per heavy atom. The van der Waals surface area contributed by atoms with Gasteiger partial charge in [0.25, 0.3) is 0 Å². The number of nitrogens with one attached hydrogen (secondary N) is 1. The zero-order valence-electron chi connectivity index (χ0n) is 12.7. The molecule has 3 heteroatoms. The first-order chi connectivity index (χ1) is 9.41. The molecule has 2 aromatic rings. The number of aromatic nitrogens is 2. The minimum Gasteiger partial charge on any atom is -0.342 e. The van der Waals surface area contributed by atoms with Gasteiger partial charge in [-0.2, -0.15) is 0 Å². The number of rotatable bonds is 3. The third-order valence-corrected chi connectivity index (χ3v) is 4.46. The molecule has 0 amide bonds. The molecule has 0 bridgehead atoms. The number of fused-ring (bicyclic) bond motifs is 1. The van der Waals surface area contributed by atoms with Crippen LogP contribution in [0.1, 0.15) is 51.4 Å². The normalized spacial score (nSPS) is 23.0. The molecular formula is C17H25N3. The van der Waals surface area contributed by atoms with Gasteiger partial charge in [-0.05, 0) is 48.3 Å². The molecule has 1 aliphatic rings. The van der Waals surface area contributed by atoms with Crippen molar-refractivity contribution in [1.29, 1.82) is 0 Å². The molecule has 0 saturated heterocycles. The quantitative estimate of drug-likeness (QED) is 0.897. The lowest BCUT2D eigenvalue weighted by molar-refractivity contribution is 0.249. The van der Waals surface area contributed by atoms with Crippen molar-refractivity contribution in [1.82, 2.24) is 9.97 Å². The topological polar surface area (TPSA) is 54.7 Å².